The average Bonchev–Trinajstić information content (AvgIpc) is 3.42. The maximum atomic E-state index is 12.9. The second-order valence-corrected chi connectivity index (χ2v) is 22.4. The Balaban J connectivity index is 4.08. The maximum absolute atomic E-state index is 12.9. The second-order valence-electron chi connectivity index (χ2n) is 22.4. The molecule has 1 atom stereocenters. The molecule has 0 amide bonds. The van der Waals surface area contributed by atoms with Gasteiger partial charge in [0.25, 0.3) is 0 Å². The molecule has 0 N–H and O–H groups in total. The van der Waals surface area contributed by atoms with Crippen molar-refractivity contribution in [1.82, 2.24) is 0 Å². The normalized spacial score (nSPS) is 12.4. The van der Waals surface area contributed by atoms with Crippen molar-refractivity contribution in [2.75, 3.05) is 13.2 Å². The van der Waals surface area contributed by atoms with Crippen LogP contribution in [0, 0.1) is 0 Å². The first-order valence-corrected chi connectivity index (χ1v) is 33.3. The van der Waals surface area contributed by atoms with Gasteiger partial charge >= 0.3 is 17.9 Å². The molecule has 0 fully saturated rings. The Morgan fingerprint density at radius 2 is 0.513 bits per heavy atom. The van der Waals surface area contributed by atoms with Crippen molar-refractivity contribution in [2.45, 2.75) is 354 Å². The topological polar surface area (TPSA) is 78.9 Å². The molecule has 1 unspecified atom stereocenters. The van der Waals surface area contributed by atoms with E-state index in [1.54, 1.807) is 0 Å². The predicted molar refractivity (Wildman–Crippen MR) is 330 cm³/mol. The zero-order valence-electron chi connectivity index (χ0n) is 50.8. The van der Waals surface area contributed by atoms with Gasteiger partial charge in [0.2, 0.25) is 0 Å². The monoisotopic (exact) mass is 1060 g/mol. The van der Waals surface area contributed by atoms with Gasteiger partial charge in [-0.25, -0.2) is 0 Å². The van der Waals surface area contributed by atoms with Gasteiger partial charge in [-0.05, 0) is 64.2 Å². The number of carbonyl (C=O) groups is 3. The Morgan fingerprint density at radius 3 is 0.803 bits per heavy atom. The van der Waals surface area contributed by atoms with Crippen LogP contribution in [-0.4, -0.2) is 37.2 Å². The summed E-state index contributed by atoms with van der Waals surface area (Å²) in [5.41, 5.74) is 0. The van der Waals surface area contributed by atoms with Crippen LogP contribution in [0.1, 0.15) is 348 Å². The summed E-state index contributed by atoms with van der Waals surface area (Å²) >= 11 is 0. The lowest BCUT2D eigenvalue weighted by Crippen LogP contribution is -2.30. The van der Waals surface area contributed by atoms with Gasteiger partial charge in [0.05, 0.1) is 0 Å². The number of hydrogen-bond donors (Lipinski definition) is 0. The van der Waals surface area contributed by atoms with Crippen molar-refractivity contribution in [2.24, 2.45) is 0 Å². The zero-order chi connectivity index (χ0) is 55.0. The summed E-state index contributed by atoms with van der Waals surface area (Å²) in [5, 5.41) is 0. The summed E-state index contributed by atoms with van der Waals surface area (Å²) in [7, 11) is 0. The molecule has 6 nitrogen and oxygen atoms in total. The van der Waals surface area contributed by atoms with E-state index < -0.39 is 6.10 Å². The van der Waals surface area contributed by atoms with Crippen molar-refractivity contribution < 1.29 is 28.6 Å². The Morgan fingerprint density at radius 1 is 0.276 bits per heavy atom. The molecule has 0 bridgehead atoms. The van der Waals surface area contributed by atoms with E-state index in [0.717, 1.165) is 89.9 Å². The van der Waals surface area contributed by atoms with Crippen LogP contribution in [-0.2, 0) is 28.6 Å². The van der Waals surface area contributed by atoms with Gasteiger partial charge in [0.15, 0.2) is 6.10 Å². The minimum Gasteiger partial charge on any atom is -0.462 e. The summed E-state index contributed by atoms with van der Waals surface area (Å²) in [6, 6.07) is 0. The van der Waals surface area contributed by atoms with Gasteiger partial charge in [0.1, 0.15) is 13.2 Å². The number of ether oxygens (including phenoxy) is 3. The van der Waals surface area contributed by atoms with E-state index in [2.05, 4.69) is 81.5 Å². The minimum atomic E-state index is -0.771. The highest BCUT2D eigenvalue weighted by Gasteiger charge is 2.19. The van der Waals surface area contributed by atoms with Gasteiger partial charge < -0.3 is 14.2 Å². The highest BCUT2D eigenvalue weighted by Crippen LogP contribution is 2.18. The number of esters is 3. The molecule has 0 heterocycles. The van der Waals surface area contributed by atoms with Crippen molar-refractivity contribution in [1.29, 1.82) is 0 Å². The molecule has 0 aromatic rings. The number of allylic oxidation sites excluding steroid dienone is 10. The molecule has 0 radical (unpaired) electrons. The fraction of sp³-hybridized carbons (Fsp3) is 0.814. The summed E-state index contributed by atoms with van der Waals surface area (Å²) in [6.07, 6.45) is 82.7. The number of unbranched alkanes of at least 4 members (excludes halogenated alkanes) is 40. The smallest absolute Gasteiger partial charge is 0.306 e. The van der Waals surface area contributed by atoms with Gasteiger partial charge in [-0.15, -0.1) is 0 Å². The minimum absolute atomic E-state index is 0.0705. The van der Waals surface area contributed by atoms with Gasteiger partial charge in [-0.3, -0.25) is 14.4 Å². The quantitative estimate of drug-likeness (QED) is 0.0261. The first-order valence-electron chi connectivity index (χ1n) is 33.3. The highest BCUT2D eigenvalue weighted by atomic mass is 16.6. The van der Waals surface area contributed by atoms with Crippen LogP contribution < -0.4 is 0 Å². The zero-order valence-corrected chi connectivity index (χ0v) is 50.8. The van der Waals surface area contributed by atoms with E-state index in [1.807, 2.05) is 0 Å². The van der Waals surface area contributed by atoms with Crippen molar-refractivity contribution in [3.8, 4) is 0 Å². The molecule has 0 aliphatic rings. The standard InChI is InChI=1S/C70H126O6/c1-4-7-10-13-16-18-20-22-24-26-28-30-32-34-35-36-38-39-41-43-45-47-49-51-54-57-60-63-69(72)75-66-67(65-74-68(71)62-59-56-53-15-12-9-6-3)76-70(73)64-61-58-55-52-50-48-46-44-42-40-37-33-31-29-27-25-23-21-19-17-14-11-8-5-2/h7,10,16,18,22,24,28,30,34-35,67H,4-6,8-9,11-15,17,19-21,23,25-27,29,31-33,36-66H2,1-3H3/b10-7-,18-16-,24-22-,30-28-,35-34-. The van der Waals surface area contributed by atoms with E-state index in [1.165, 1.54) is 218 Å². The fourth-order valence-electron chi connectivity index (χ4n) is 9.83. The van der Waals surface area contributed by atoms with E-state index in [-0.39, 0.29) is 31.1 Å². The molecule has 0 rings (SSSR count). The molecule has 0 aliphatic carbocycles. The number of hydrogen-bond acceptors (Lipinski definition) is 6. The second kappa shape index (κ2) is 64.6. The number of rotatable bonds is 61. The van der Waals surface area contributed by atoms with E-state index in [4.69, 9.17) is 14.2 Å². The molecular weight excluding hydrogens is 937 g/mol. The van der Waals surface area contributed by atoms with Crippen LogP contribution >= 0.6 is 0 Å². The van der Waals surface area contributed by atoms with E-state index in [9.17, 15) is 14.4 Å². The predicted octanol–water partition coefficient (Wildman–Crippen LogP) is 22.7. The van der Waals surface area contributed by atoms with Crippen LogP contribution in [0.25, 0.3) is 0 Å². The van der Waals surface area contributed by atoms with E-state index in [0.29, 0.717) is 19.3 Å². The Hall–Kier alpha value is -2.89. The van der Waals surface area contributed by atoms with Crippen LogP contribution in [0.4, 0.5) is 0 Å². The summed E-state index contributed by atoms with van der Waals surface area (Å²) in [5.74, 6) is -0.860. The first kappa shape index (κ1) is 73.1. The maximum Gasteiger partial charge on any atom is 0.306 e. The molecular formula is C70H126O6. The summed E-state index contributed by atoms with van der Waals surface area (Å²) < 4.78 is 16.9. The third-order valence-corrected chi connectivity index (χ3v) is 14.8. The third-order valence-electron chi connectivity index (χ3n) is 14.8. The van der Waals surface area contributed by atoms with Crippen molar-refractivity contribution in [3.05, 3.63) is 60.8 Å². The molecule has 442 valence electrons. The molecule has 0 saturated heterocycles. The molecule has 76 heavy (non-hydrogen) atoms. The van der Waals surface area contributed by atoms with Gasteiger partial charge in [0, 0.05) is 19.3 Å². The van der Waals surface area contributed by atoms with Crippen LogP contribution in [0.3, 0.4) is 0 Å². The molecule has 6 heteroatoms. The molecule has 0 spiro atoms. The lowest BCUT2D eigenvalue weighted by atomic mass is 10.0. The molecule has 0 aliphatic heterocycles. The Kier molecular flexibility index (Phi) is 62.2. The summed E-state index contributed by atoms with van der Waals surface area (Å²) in [6.45, 7) is 6.54. The van der Waals surface area contributed by atoms with Crippen LogP contribution in [0.5, 0.6) is 0 Å². The highest BCUT2D eigenvalue weighted by molar-refractivity contribution is 5.71. The Labute approximate surface area is 472 Å². The van der Waals surface area contributed by atoms with Crippen LogP contribution in [0.2, 0.25) is 0 Å². The molecule has 0 aromatic carbocycles. The molecule has 0 aromatic heterocycles. The SMILES string of the molecule is CC/C=C\C/C=C\C/C=C\C/C=C\C/C=C\CCCCCCCCCCCCCC(=O)OCC(COC(=O)CCCCCCCCC)OC(=O)CCCCCCCCCCCCCCCCCCCCCCCCCC. The first-order chi connectivity index (χ1) is 37.5. The molecule has 0 saturated carbocycles. The largest absolute Gasteiger partial charge is 0.462 e. The fourth-order valence-corrected chi connectivity index (χ4v) is 9.83. The average molecular weight is 1060 g/mol. The lowest BCUT2D eigenvalue weighted by Gasteiger charge is -2.18. The van der Waals surface area contributed by atoms with Gasteiger partial charge in [-0.2, -0.15) is 0 Å². The van der Waals surface area contributed by atoms with Crippen molar-refractivity contribution in [3.63, 3.8) is 0 Å². The number of carbonyl (C=O) groups excluding carboxylic acids is 3. The third kappa shape index (κ3) is 62.0. The van der Waals surface area contributed by atoms with E-state index >= 15 is 0 Å². The Bertz CT molecular complexity index is 1360. The van der Waals surface area contributed by atoms with Crippen molar-refractivity contribution >= 4 is 17.9 Å². The summed E-state index contributed by atoms with van der Waals surface area (Å²) in [4.78, 5) is 38.1. The van der Waals surface area contributed by atoms with Crippen LogP contribution in [0.15, 0.2) is 60.8 Å². The lowest BCUT2D eigenvalue weighted by molar-refractivity contribution is -0.167. The van der Waals surface area contributed by atoms with Gasteiger partial charge in [-0.1, -0.05) is 326 Å².